The van der Waals surface area contributed by atoms with Crippen molar-refractivity contribution in [3.63, 3.8) is 0 Å². The molecule has 2 N–H and O–H groups in total. The van der Waals surface area contributed by atoms with Gasteiger partial charge in [-0.1, -0.05) is 11.6 Å². The van der Waals surface area contributed by atoms with Crippen LogP contribution in [0.3, 0.4) is 0 Å². The van der Waals surface area contributed by atoms with Crippen LogP contribution in [-0.4, -0.2) is 16.1 Å². The van der Waals surface area contributed by atoms with Crippen LogP contribution in [0.4, 0.5) is 10.1 Å². The zero-order chi connectivity index (χ0) is 13.1. The number of hydrogen-bond donors (Lipinski definition) is 2. The summed E-state index contributed by atoms with van der Waals surface area (Å²) in [5, 5.41) is 13.7. The van der Waals surface area contributed by atoms with Crippen LogP contribution in [0.5, 0.6) is 0 Å². The van der Waals surface area contributed by atoms with Gasteiger partial charge in [0.25, 0.3) is 0 Å². The van der Waals surface area contributed by atoms with Crippen LogP contribution in [0.1, 0.15) is 15.5 Å². The largest absolute Gasteiger partial charge is 0.476 e. The van der Waals surface area contributed by atoms with Gasteiger partial charge in [-0.15, -0.1) is 11.3 Å². The Labute approximate surface area is 111 Å². The first-order chi connectivity index (χ1) is 8.56. The van der Waals surface area contributed by atoms with Gasteiger partial charge in [0.1, 0.15) is 5.82 Å². The second kappa shape index (κ2) is 5.32. The minimum absolute atomic E-state index is 0.0251. The molecule has 1 heterocycles. The van der Waals surface area contributed by atoms with E-state index in [0.717, 1.165) is 11.3 Å². The Morgan fingerprint density at radius 3 is 3.00 bits per heavy atom. The molecule has 0 unspecified atom stereocenters. The molecule has 2 rings (SSSR count). The van der Waals surface area contributed by atoms with Crippen molar-refractivity contribution >= 4 is 34.6 Å². The van der Waals surface area contributed by atoms with Gasteiger partial charge in [0.2, 0.25) is 5.01 Å². The summed E-state index contributed by atoms with van der Waals surface area (Å²) in [6.45, 7) is 0.285. The number of carbonyl (C=O) groups is 1. The summed E-state index contributed by atoms with van der Waals surface area (Å²) in [7, 11) is 0. The van der Waals surface area contributed by atoms with Crippen molar-refractivity contribution < 1.29 is 14.3 Å². The number of hydrogen-bond acceptors (Lipinski definition) is 4. The molecule has 1 aromatic heterocycles. The summed E-state index contributed by atoms with van der Waals surface area (Å²) in [6.07, 6.45) is 0. The van der Waals surface area contributed by atoms with Crippen molar-refractivity contribution in [2.24, 2.45) is 0 Å². The normalized spacial score (nSPS) is 10.3. The third-order valence-electron chi connectivity index (χ3n) is 2.12. The van der Waals surface area contributed by atoms with Crippen molar-refractivity contribution in [2.75, 3.05) is 5.32 Å². The highest BCUT2D eigenvalue weighted by molar-refractivity contribution is 7.11. The van der Waals surface area contributed by atoms with Gasteiger partial charge >= 0.3 is 5.97 Å². The van der Waals surface area contributed by atoms with E-state index < -0.39 is 11.8 Å². The third kappa shape index (κ3) is 2.96. The number of aromatic nitrogens is 1. The summed E-state index contributed by atoms with van der Waals surface area (Å²) >= 11 is 6.92. The van der Waals surface area contributed by atoms with Gasteiger partial charge < -0.3 is 10.4 Å². The summed E-state index contributed by atoms with van der Waals surface area (Å²) in [5.41, 5.74) is 1.01. The number of nitrogens with zero attached hydrogens (tertiary/aromatic N) is 1. The lowest BCUT2D eigenvalue weighted by Crippen LogP contribution is -2.02. The Morgan fingerprint density at radius 2 is 2.33 bits per heavy atom. The molecular weight excluding hydrogens is 279 g/mol. The minimum atomic E-state index is -1.06. The van der Waals surface area contributed by atoms with Gasteiger partial charge in [-0.05, 0) is 18.2 Å². The third-order valence-corrected chi connectivity index (χ3v) is 3.33. The van der Waals surface area contributed by atoms with Crippen LogP contribution in [-0.2, 0) is 6.54 Å². The first-order valence-corrected chi connectivity index (χ1v) is 6.18. The minimum Gasteiger partial charge on any atom is -0.476 e. The molecule has 0 aliphatic heterocycles. The first kappa shape index (κ1) is 12.8. The van der Waals surface area contributed by atoms with Gasteiger partial charge in [-0.2, -0.15) is 0 Å². The number of rotatable bonds is 4. The topological polar surface area (TPSA) is 62.2 Å². The fourth-order valence-corrected chi connectivity index (χ4v) is 2.14. The Morgan fingerprint density at radius 1 is 1.56 bits per heavy atom. The molecule has 0 amide bonds. The van der Waals surface area contributed by atoms with Crippen molar-refractivity contribution in [3.05, 3.63) is 45.1 Å². The van der Waals surface area contributed by atoms with Gasteiger partial charge in [0.15, 0.2) is 0 Å². The fourth-order valence-electron chi connectivity index (χ4n) is 1.31. The van der Waals surface area contributed by atoms with E-state index in [1.807, 2.05) is 0 Å². The highest BCUT2D eigenvalue weighted by Gasteiger charge is 2.09. The molecule has 0 radical (unpaired) electrons. The van der Waals surface area contributed by atoms with Gasteiger partial charge in [0.05, 0.1) is 22.9 Å². The molecule has 0 aliphatic carbocycles. The second-order valence-electron chi connectivity index (χ2n) is 3.43. The zero-order valence-corrected chi connectivity index (χ0v) is 10.6. The summed E-state index contributed by atoms with van der Waals surface area (Å²) in [4.78, 5) is 14.5. The second-order valence-corrected chi connectivity index (χ2v) is 4.69. The Hall–Kier alpha value is -1.66. The van der Waals surface area contributed by atoms with Crippen molar-refractivity contribution in [3.8, 4) is 0 Å². The predicted octanol–water partition coefficient (Wildman–Crippen LogP) is 3.25. The quantitative estimate of drug-likeness (QED) is 0.906. The molecule has 1 aromatic carbocycles. The summed E-state index contributed by atoms with van der Waals surface area (Å²) in [6, 6.07) is 3.98. The summed E-state index contributed by atoms with van der Waals surface area (Å²) < 4.78 is 13.0. The highest BCUT2D eigenvalue weighted by atomic mass is 35.5. The average Bonchev–Trinajstić information content (AvgIpc) is 2.79. The Balaban J connectivity index is 2.06. The molecule has 0 aliphatic rings. The fraction of sp³-hybridized carbons (Fsp3) is 0.0909. The number of carboxylic acid groups (broad SMARTS) is 1. The molecular formula is C11H8ClFN2O2S. The maximum atomic E-state index is 13.0. The Bertz CT molecular complexity index is 588. The molecule has 2 aromatic rings. The maximum absolute atomic E-state index is 13.0. The lowest BCUT2D eigenvalue weighted by atomic mass is 10.3. The maximum Gasteiger partial charge on any atom is 0.365 e. The van der Waals surface area contributed by atoms with Gasteiger partial charge in [-0.25, -0.2) is 14.2 Å². The smallest absolute Gasteiger partial charge is 0.365 e. The molecule has 7 heteroatoms. The number of anilines is 1. The van der Waals surface area contributed by atoms with E-state index in [4.69, 9.17) is 16.7 Å². The molecule has 0 fully saturated rings. The number of halogens is 2. The van der Waals surface area contributed by atoms with Crippen LogP contribution < -0.4 is 5.32 Å². The molecule has 0 bridgehead atoms. The van der Waals surface area contributed by atoms with Gasteiger partial charge in [-0.3, -0.25) is 0 Å². The number of benzene rings is 1. The molecule has 0 spiro atoms. The van der Waals surface area contributed by atoms with E-state index in [0.29, 0.717) is 16.4 Å². The molecule has 0 atom stereocenters. The number of aromatic carboxylic acids is 1. The van der Waals surface area contributed by atoms with E-state index in [2.05, 4.69) is 10.3 Å². The van der Waals surface area contributed by atoms with Crippen LogP contribution in [0, 0.1) is 5.82 Å². The van der Waals surface area contributed by atoms with Crippen LogP contribution in [0.25, 0.3) is 0 Å². The highest BCUT2D eigenvalue weighted by Crippen LogP contribution is 2.23. The molecule has 94 valence electrons. The SMILES string of the molecule is O=C(O)c1nc(CNc2cc(F)ccc2Cl)cs1. The first-order valence-electron chi connectivity index (χ1n) is 4.93. The standard InChI is InChI=1S/C11H8ClFN2O2S/c12-8-2-1-6(13)3-9(8)14-4-7-5-18-10(15-7)11(16)17/h1-3,5,14H,4H2,(H,16,17). The van der Waals surface area contributed by atoms with E-state index in [1.54, 1.807) is 5.38 Å². The van der Waals surface area contributed by atoms with Crippen LogP contribution in [0.15, 0.2) is 23.6 Å². The predicted molar refractivity (Wildman–Crippen MR) is 67.8 cm³/mol. The molecule has 0 saturated carbocycles. The van der Waals surface area contributed by atoms with E-state index in [1.165, 1.54) is 18.2 Å². The van der Waals surface area contributed by atoms with E-state index >= 15 is 0 Å². The van der Waals surface area contributed by atoms with Crippen molar-refractivity contribution in [1.82, 2.24) is 4.98 Å². The molecule has 18 heavy (non-hydrogen) atoms. The van der Waals surface area contributed by atoms with E-state index in [-0.39, 0.29) is 11.6 Å². The lowest BCUT2D eigenvalue weighted by Gasteiger charge is -2.06. The van der Waals surface area contributed by atoms with Crippen molar-refractivity contribution in [2.45, 2.75) is 6.54 Å². The zero-order valence-electron chi connectivity index (χ0n) is 8.98. The summed E-state index contributed by atoms with van der Waals surface area (Å²) in [5.74, 6) is -1.46. The molecule has 4 nitrogen and oxygen atoms in total. The lowest BCUT2D eigenvalue weighted by molar-refractivity contribution is 0.0696. The van der Waals surface area contributed by atoms with Crippen molar-refractivity contribution in [1.29, 1.82) is 0 Å². The number of thiazole rings is 1. The Kier molecular flexibility index (Phi) is 3.78. The van der Waals surface area contributed by atoms with Gasteiger partial charge in [0, 0.05) is 5.38 Å². The number of carboxylic acids is 1. The molecule has 0 saturated heterocycles. The van der Waals surface area contributed by atoms with Crippen LogP contribution >= 0.6 is 22.9 Å². The number of nitrogens with one attached hydrogen (secondary N) is 1. The van der Waals surface area contributed by atoms with Crippen LogP contribution in [0.2, 0.25) is 5.02 Å². The monoisotopic (exact) mass is 286 g/mol. The van der Waals surface area contributed by atoms with E-state index in [9.17, 15) is 9.18 Å². The average molecular weight is 287 g/mol.